The summed E-state index contributed by atoms with van der Waals surface area (Å²) >= 11 is 0. The SMILES string of the molecule is Cc1ccc2c(c1)C(=O)NCC1(CCN(C(=O)c3cnn(C)c3C)CC1)O2. The van der Waals surface area contributed by atoms with Crippen molar-refractivity contribution in [2.24, 2.45) is 7.05 Å². The molecular weight excluding hydrogens is 344 g/mol. The Bertz CT molecular complexity index is 910. The molecule has 0 aliphatic carbocycles. The quantitative estimate of drug-likeness (QED) is 0.833. The number of fused-ring (bicyclic) bond motifs is 1. The number of carbonyl (C=O) groups is 2. The lowest BCUT2D eigenvalue weighted by Gasteiger charge is -2.41. The van der Waals surface area contributed by atoms with Gasteiger partial charge in [0.2, 0.25) is 0 Å². The Kier molecular flexibility index (Phi) is 4.17. The van der Waals surface area contributed by atoms with Crippen molar-refractivity contribution in [3.05, 3.63) is 46.8 Å². The second-order valence-corrected chi connectivity index (χ2v) is 7.53. The van der Waals surface area contributed by atoms with E-state index in [0.717, 1.165) is 11.3 Å². The fraction of sp³-hybridized carbons (Fsp3) is 0.450. The van der Waals surface area contributed by atoms with Gasteiger partial charge < -0.3 is 15.0 Å². The Morgan fingerprint density at radius 3 is 2.67 bits per heavy atom. The van der Waals surface area contributed by atoms with Crippen LogP contribution in [0.4, 0.5) is 0 Å². The number of rotatable bonds is 1. The Labute approximate surface area is 158 Å². The topological polar surface area (TPSA) is 76.5 Å². The summed E-state index contributed by atoms with van der Waals surface area (Å²) in [6.45, 7) is 5.48. The van der Waals surface area contributed by atoms with Crippen molar-refractivity contribution in [1.82, 2.24) is 20.0 Å². The highest BCUT2D eigenvalue weighted by molar-refractivity contribution is 5.97. The molecule has 2 aliphatic heterocycles. The van der Waals surface area contributed by atoms with Gasteiger partial charge in [0.05, 0.1) is 23.9 Å². The third-order valence-electron chi connectivity index (χ3n) is 5.70. The van der Waals surface area contributed by atoms with Gasteiger partial charge in [0.25, 0.3) is 11.8 Å². The lowest BCUT2D eigenvalue weighted by molar-refractivity contribution is 0.00768. The van der Waals surface area contributed by atoms with E-state index >= 15 is 0 Å². The number of carbonyl (C=O) groups excluding carboxylic acids is 2. The molecule has 1 spiro atoms. The first-order chi connectivity index (χ1) is 12.9. The second-order valence-electron chi connectivity index (χ2n) is 7.53. The number of piperidine rings is 1. The molecule has 4 rings (SSSR count). The molecule has 2 aromatic rings. The normalized spacial score (nSPS) is 18.5. The summed E-state index contributed by atoms with van der Waals surface area (Å²) < 4.78 is 8.04. The molecule has 142 valence electrons. The molecule has 2 amide bonds. The number of amides is 2. The standard InChI is InChI=1S/C20H24N4O3/c1-13-4-5-17-15(10-13)18(25)21-12-20(27-17)6-8-24(9-7-20)19(26)16-11-22-23(3)14(16)2/h4-5,10-11H,6-9,12H2,1-3H3,(H,21,25). The van der Waals surface area contributed by atoms with E-state index in [-0.39, 0.29) is 11.8 Å². The molecule has 7 nitrogen and oxygen atoms in total. The van der Waals surface area contributed by atoms with E-state index in [9.17, 15) is 9.59 Å². The smallest absolute Gasteiger partial charge is 0.257 e. The lowest BCUT2D eigenvalue weighted by Crippen LogP contribution is -2.54. The number of aromatic nitrogens is 2. The van der Waals surface area contributed by atoms with Crippen LogP contribution in [-0.2, 0) is 7.05 Å². The highest BCUT2D eigenvalue weighted by Crippen LogP contribution is 2.33. The number of aryl methyl sites for hydroxylation is 2. The number of hydrogen-bond donors (Lipinski definition) is 1. The van der Waals surface area contributed by atoms with Crippen molar-refractivity contribution in [2.75, 3.05) is 19.6 Å². The molecule has 1 N–H and O–H groups in total. The maximum absolute atomic E-state index is 12.8. The minimum absolute atomic E-state index is 0.00383. The molecule has 0 atom stereocenters. The first-order valence-electron chi connectivity index (χ1n) is 9.24. The molecule has 1 aromatic carbocycles. The van der Waals surface area contributed by atoms with Crippen LogP contribution in [0.1, 0.15) is 44.8 Å². The molecule has 7 heteroatoms. The van der Waals surface area contributed by atoms with E-state index in [0.29, 0.717) is 49.4 Å². The highest BCUT2D eigenvalue weighted by atomic mass is 16.5. The number of nitrogens with zero attached hydrogens (tertiary/aromatic N) is 3. The number of hydrogen-bond acceptors (Lipinski definition) is 4. The van der Waals surface area contributed by atoms with Gasteiger partial charge >= 0.3 is 0 Å². The second kappa shape index (κ2) is 6.40. The molecule has 0 bridgehead atoms. The van der Waals surface area contributed by atoms with Crippen LogP contribution in [0.3, 0.4) is 0 Å². The maximum Gasteiger partial charge on any atom is 0.257 e. The van der Waals surface area contributed by atoms with E-state index in [1.54, 1.807) is 10.9 Å². The zero-order valence-electron chi connectivity index (χ0n) is 15.9. The number of benzene rings is 1. The zero-order valence-corrected chi connectivity index (χ0v) is 15.9. The lowest BCUT2D eigenvalue weighted by atomic mass is 9.90. The van der Waals surface area contributed by atoms with E-state index in [1.165, 1.54) is 0 Å². The third kappa shape index (κ3) is 3.07. The van der Waals surface area contributed by atoms with Crippen molar-refractivity contribution in [1.29, 1.82) is 0 Å². The Morgan fingerprint density at radius 1 is 1.26 bits per heavy atom. The summed E-state index contributed by atoms with van der Waals surface area (Å²) in [5.41, 5.74) is 2.63. The van der Waals surface area contributed by atoms with E-state index in [2.05, 4.69) is 10.4 Å². The number of nitrogens with one attached hydrogen (secondary N) is 1. The van der Waals surface area contributed by atoms with Crippen molar-refractivity contribution < 1.29 is 14.3 Å². The first kappa shape index (κ1) is 17.6. The molecular formula is C20H24N4O3. The summed E-state index contributed by atoms with van der Waals surface area (Å²) in [6, 6.07) is 5.68. The van der Waals surface area contributed by atoms with Gasteiger partial charge in [-0.05, 0) is 26.0 Å². The van der Waals surface area contributed by atoms with Crippen molar-refractivity contribution in [3.63, 3.8) is 0 Å². The van der Waals surface area contributed by atoms with Gasteiger partial charge in [-0.1, -0.05) is 11.6 Å². The van der Waals surface area contributed by atoms with Gasteiger partial charge in [0.15, 0.2) is 0 Å². The predicted molar refractivity (Wildman–Crippen MR) is 100.0 cm³/mol. The fourth-order valence-corrected chi connectivity index (χ4v) is 3.79. The van der Waals surface area contributed by atoms with Crippen LogP contribution in [0, 0.1) is 13.8 Å². The van der Waals surface area contributed by atoms with Crippen LogP contribution in [0.15, 0.2) is 24.4 Å². The van der Waals surface area contributed by atoms with E-state index in [1.807, 2.05) is 44.0 Å². The van der Waals surface area contributed by atoms with E-state index < -0.39 is 5.60 Å². The Hall–Kier alpha value is -2.83. The van der Waals surface area contributed by atoms with Gasteiger partial charge in [-0.25, -0.2) is 0 Å². The zero-order chi connectivity index (χ0) is 19.2. The van der Waals surface area contributed by atoms with E-state index in [4.69, 9.17) is 4.74 Å². The summed E-state index contributed by atoms with van der Waals surface area (Å²) in [4.78, 5) is 27.1. The summed E-state index contributed by atoms with van der Waals surface area (Å²) in [6.07, 6.45) is 2.97. The highest BCUT2D eigenvalue weighted by Gasteiger charge is 2.41. The van der Waals surface area contributed by atoms with Crippen LogP contribution in [0.25, 0.3) is 0 Å². The Morgan fingerprint density at radius 2 is 2.00 bits per heavy atom. The molecule has 1 aromatic heterocycles. The van der Waals surface area contributed by atoms with Crippen LogP contribution in [0.5, 0.6) is 5.75 Å². The fourth-order valence-electron chi connectivity index (χ4n) is 3.79. The van der Waals surface area contributed by atoms with Crippen LogP contribution in [-0.4, -0.2) is 51.7 Å². The minimum Gasteiger partial charge on any atom is -0.484 e. The number of ether oxygens (including phenoxy) is 1. The van der Waals surface area contributed by atoms with Crippen molar-refractivity contribution in [2.45, 2.75) is 32.3 Å². The first-order valence-corrected chi connectivity index (χ1v) is 9.24. The van der Waals surface area contributed by atoms with Crippen LogP contribution in [0.2, 0.25) is 0 Å². The molecule has 0 radical (unpaired) electrons. The Balaban J connectivity index is 1.51. The molecule has 1 saturated heterocycles. The third-order valence-corrected chi connectivity index (χ3v) is 5.70. The molecule has 2 aliphatic rings. The van der Waals surface area contributed by atoms with Crippen LogP contribution < -0.4 is 10.1 Å². The minimum atomic E-state index is -0.475. The molecule has 1 fully saturated rings. The molecule has 0 saturated carbocycles. The van der Waals surface area contributed by atoms with Gasteiger partial charge in [0.1, 0.15) is 11.4 Å². The monoisotopic (exact) mass is 368 g/mol. The van der Waals surface area contributed by atoms with Gasteiger partial charge in [0, 0.05) is 38.7 Å². The molecule has 3 heterocycles. The summed E-state index contributed by atoms with van der Waals surface area (Å²) in [5.74, 6) is 0.526. The van der Waals surface area contributed by atoms with Gasteiger partial charge in [-0.2, -0.15) is 5.10 Å². The maximum atomic E-state index is 12.8. The summed E-state index contributed by atoms with van der Waals surface area (Å²) in [7, 11) is 1.83. The van der Waals surface area contributed by atoms with Gasteiger partial charge in [-0.15, -0.1) is 0 Å². The molecule has 27 heavy (non-hydrogen) atoms. The summed E-state index contributed by atoms with van der Waals surface area (Å²) in [5, 5.41) is 7.16. The largest absolute Gasteiger partial charge is 0.484 e. The number of likely N-dealkylation sites (tertiary alicyclic amines) is 1. The van der Waals surface area contributed by atoms with Crippen LogP contribution >= 0.6 is 0 Å². The van der Waals surface area contributed by atoms with Crippen molar-refractivity contribution >= 4 is 11.8 Å². The van der Waals surface area contributed by atoms with Crippen molar-refractivity contribution in [3.8, 4) is 5.75 Å². The molecule has 0 unspecified atom stereocenters. The average Bonchev–Trinajstić information content (AvgIpc) is 2.93. The predicted octanol–water partition coefficient (Wildman–Crippen LogP) is 1.83. The average molecular weight is 368 g/mol. The van der Waals surface area contributed by atoms with Gasteiger partial charge in [-0.3, -0.25) is 14.3 Å².